The van der Waals surface area contributed by atoms with E-state index in [9.17, 15) is 4.79 Å². The van der Waals surface area contributed by atoms with E-state index >= 15 is 0 Å². The molecule has 0 saturated carbocycles. The summed E-state index contributed by atoms with van der Waals surface area (Å²) in [6.45, 7) is 1.46. The van der Waals surface area contributed by atoms with Crippen LogP contribution in [0.25, 0.3) is 0 Å². The zero-order valence-electron chi connectivity index (χ0n) is 13.4. The van der Waals surface area contributed by atoms with Gasteiger partial charge in [0, 0.05) is 37.6 Å². The summed E-state index contributed by atoms with van der Waals surface area (Å²) < 4.78 is 0. The molecule has 2 aliphatic heterocycles. The van der Waals surface area contributed by atoms with Gasteiger partial charge in [0.2, 0.25) is 0 Å². The molecule has 0 aliphatic carbocycles. The van der Waals surface area contributed by atoms with Crippen molar-refractivity contribution in [2.45, 2.75) is 13.0 Å². The summed E-state index contributed by atoms with van der Waals surface area (Å²) in [5, 5.41) is 1.77. The minimum absolute atomic E-state index is 0.0752. The van der Waals surface area contributed by atoms with Crippen molar-refractivity contribution in [1.82, 2.24) is 0 Å². The fraction of sp³-hybridized carbons (Fsp3) is 0.278. The number of anilines is 3. The van der Waals surface area contributed by atoms with Crippen molar-refractivity contribution < 1.29 is 4.79 Å². The molecule has 5 heteroatoms. The van der Waals surface area contributed by atoms with Gasteiger partial charge in [-0.3, -0.25) is 4.79 Å². The van der Waals surface area contributed by atoms with Gasteiger partial charge >= 0.3 is 0 Å². The number of hydrogen-bond acceptors (Lipinski definition) is 4. The van der Waals surface area contributed by atoms with Crippen LogP contribution in [-0.2, 0) is 13.0 Å². The Balaban J connectivity index is 1.68. The molecule has 23 heavy (non-hydrogen) atoms. The van der Waals surface area contributed by atoms with E-state index in [1.165, 1.54) is 5.56 Å². The maximum Gasteiger partial charge on any atom is 0.259 e. The van der Waals surface area contributed by atoms with Crippen molar-refractivity contribution in [1.29, 1.82) is 0 Å². The Hall–Kier alpha value is -2.53. The number of benzene rings is 2. The molecule has 2 aromatic rings. The largest absolute Gasteiger partial charge is 0.378 e. The molecule has 4 rings (SSSR count). The van der Waals surface area contributed by atoms with E-state index in [0.717, 1.165) is 41.2 Å². The standard InChI is InChI=1S/C18H20N4O/c1-20(2)14-4-3-13-11-21(18(23)16(13)10-14)15-5-6-17-12(9-15)7-8-22(17)19/h3-6,9-10H,7-8,11,19H2,1-2H3. The van der Waals surface area contributed by atoms with Crippen LogP contribution in [0.3, 0.4) is 0 Å². The number of hydrazine groups is 1. The van der Waals surface area contributed by atoms with Gasteiger partial charge in [0.05, 0.1) is 12.2 Å². The van der Waals surface area contributed by atoms with Gasteiger partial charge in [-0.25, -0.2) is 5.84 Å². The second kappa shape index (κ2) is 4.99. The molecule has 0 saturated heterocycles. The van der Waals surface area contributed by atoms with Gasteiger partial charge in [-0.1, -0.05) is 6.07 Å². The molecular weight excluding hydrogens is 288 g/mol. The van der Waals surface area contributed by atoms with Crippen LogP contribution >= 0.6 is 0 Å². The molecule has 2 heterocycles. The summed E-state index contributed by atoms with van der Waals surface area (Å²) in [6.07, 6.45) is 0.930. The lowest BCUT2D eigenvalue weighted by Crippen LogP contribution is -2.28. The number of amides is 1. The Morgan fingerprint density at radius 3 is 2.70 bits per heavy atom. The Kier molecular flexibility index (Phi) is 3.06. The Morgan fingerprint density at radius 2 is 1.91 bits per heavy atom. The van der Waals surface area contributed by atoms with E-state index in [1.807, 2.05) is 42.1 Å². The maximum atomic E-state index is 12.8. The van der Waals surface area contributed by atoms with Crippen LogP contribution in [0.2, 0.25) is 0 Å². The minimum Gasteiger partial charge on any atom is -0.378 e. The minimum atomic E-state index is 0.0752. The van der Waals surface area contributed by atoms with Crippen LogP contribution in [0, 0.1) is 0 Å². The van der Waals surface area contributed by atoms with Gasteiger partial charge in [-0.15, -0.1) is 0 Å². The van der Waals surface area contributed by atoms with Crippen molar-refractivity contribution in [2.75, 3.05) is 35.4 Å². The highest BCUT2D eigenvalue weighted by Crippen LogP contribution is 2.34. The second-order valence-electron chi connectivity index (χ2n) is 6.38. The van der Waals surface area contributed by atoms with Crippen LogP contribution < -0.4 is 20.7 Å². The fourth-order valence-electron chi connectivity index (χ4n) is 3.36. The number of fused-ring (bicyclic) bond motifs is 2. The molecule has 0 aromatic heterocycles. The Labute approximate surface area is 135 Å². The fourth-order valence-corrected chi connectivity index (χ4v) is 3.36. The van der Waals surface area contributed by atoms with E-state index in [4.69, 9.17) is 5.84 Å². The Morgan fingerprint density at radius 1 is 1.09 bits per heavy atom. The number of nitrogens with zero attached hydrogens (tertiary/aromatic N) is 3. The third-order valence-electron chi connectivity index (χ3n) is 4.72. The van der Waals surface area contributed by atoms with Gasteiger partial charge in [0.1, 0.15) is 0 Å². The first-order valence-electron chi connectivity index (χ1n) is 7.82. The van der Waals surface area contributed by atoms with Crippen LogP contribution in [0.1, 0.15) is 21.5 Å². The summed E-state index contributed by atoms with van der Waals surface area (Å²) in [7, 11) is 3.97. The molecule has 2 N–H and O–H groups in total. The molecule has 0 unspecified atom stereocenters. The molecule has 1 amide bonds. The first-order chi connectivity index (χ1) is 11.0. The zero-order chi connectivity index (χ0) is 16.1. The number of carbonyl (C=O) groups excluding carboxylic acids is 1. The summed E-state index contributed by atoms with van der Waals surface area (Å²) in [5.74, 6) is 6.01. The third kappa shape index (κ3) is 2.16. The number of hydrogen-bond donors (Lipinski definition) is 1. The van der Waals surface area contributed by atoms with Gasteiger partial charge in [0.25, 0.3) is 5.91 Å². The molecule has 0 spiro atoms. The highest BCUT2D eigenvalue weighted by molar-refractivity contribution is 6.10. The molecule has 118 valence electrons. The smallest absolute Gasteiger partial charge is 0.259 e. The summed E-state index contributed by atoms with van der Waals surface area (Å²) in [6, 6.07) is 12.2. The molecule has 0 radical (unpaired) electrons. The number of nitrogens with two attached hydrogens (primary N) is 1. The van der Waals surface area contributed by atoms with Crippen LogP contribution in [0.4, 0.5) is 17.1 Å². The average molecular weight is 308 g/mol. The normalized spacial score (nSPS) is 15.9. The van der Waals surface area contributed by atoms with E-state index < -0.39 is 0 Å². The van der Waals surface area contributed by atoms with Crippen molar-refractivity contribution in [3.8, 4) is 0 Å². The van der Waals surface area contributed by atoms with Crippen molar-refractivity contribution in [3.63, 3.8) is 0 Å². The number of rotatable bonds is 2. The van der Waals surface area contributed by atoms with E-state index in [2.05, 4.69) is 18.2 Å². The molecule has 2 aliphatic rings. The zero-order valence-corrected chi connectivity index (χ0v) is 13.4. The van der Waals surface area contributed by atoms with Crippen LogP contribution in [0.15, 0.2) is 36.4 Å². The lowest BCUT2D eigenvalue weighted by Gasteiger charge is -2.18. The number of carbonyl (C=O) groups is 1. The molecule has 5 nitrogen and oxygen atoms in total. The van der Waals surface area contributed by atoms with Gasteiger partial charge in [-0.2, -0.15) is 0 Å². The molecule has 0 bridgehead atoms. The monoisotopic (exact) mass is 308 g/mol. The first kappa shape index (κ1) is 14.1. The maximum absolute atomic E-state index is 12.8. The van der Waals surface area contributed by atoms with Crippen molar-refractivity contribution in [2.24, 2.45) is 5.84 Å². The van der Waals surface area contributed by atoms with E-state index in [1.54, 1.807) is 5.01 Å². The van der Waals surface area contributed by atoms with Crippen LogP contribution in [-0.4, -0.2) is 26.5 Å². The summed E-state index contributed by atoms with van der Waals surface area (Å²) >= 11 is 0. The van der Waals surface area contributed by atoms with Crippen molar-refractivity contribution >= 4 is 23.0 Å². The topological polar surface area (TPSA) is 52.8 Å². The molecule has 0 atom stereocenters. The second-order valence-corrected chi connectivity index (χ2v) is 6.38. The quantitative estimate of drug-likeness (QED) is 0.864. The SMILES string of the molecule is CN(C)c1ccc2c(c1)C(=O)N(c1ccc3c(c1)CCN3N)C2. The average Bonchev–Trinajstić information content (AvgIpc) is 3.08. The van der Waals surface area contributed by atoms with Gasteiger partial charge < -0.3 is 14.8 Å². The highest BCUT2D eigenvalue weighted by Gasteiger charge is 2.30. The summed E-state index contributed by atoms with van der Waals surface area (Å²) in [4.78, 5) is 16.7. The predicted molar refractivity (Wildman–Crippen MR) is 93.0 cm³/mol. The van der Waals surface area contributed by atoms with E-state index in [-0.39, 0.29) is 5.91 Å². The highest BCUT2D eigenvalue weighted by atomic mass is 16.2. The lowest BCUT2D eigenvalue weighted by atomic mass is 10.1. The molecule has 0 fully saturated rings. The molecular formula is C18H20N4O. The lowest BCUT2D eigenvalue weighted by molar-refractivity contribution is 0.0996. The first-order valence-corrected chi connectivity index (χ1v) is 7.82. The third-order valence-corrected chi connectivity index (χ3v) is 4.72. The van der Waals surface area contributed by atoms with E-state index in [0.29, 0.717) is 6.54 Å². The van der Waals surface area contributed by atoms with Crippen molar-refractivity contribution in [3.05, 3.63) is 53.1 Å². The van der Waals surface area contributed by atoms with Gasteiger partial charge in [0.15, 0.2) is 0 Å². The Bertz CT molecular complexity index is 800. The predicted octanol–water partition coefficient (Wildman–Crippen LogP) is 2.15. The van der Waals surface area contributed by atoms with Crippen LogP contribution in [0.5, 0.6) is 0 Å². The summed E-state index contributed by atoms with van der Waals surface area (Å²) in [5.41, 5.74) is 6.16. The molecule has 2 aromatic carbocycles. The van der Waals surface area contributed by atoms with Gasteiger partial charge in [-0.05, 0) is 47.9 Å².